The fourth-order valence-electron chi connectivity index (χ4n) is 7.75. The van der Waals surface area contributed by atoms with E-state index in [4.69, 9.17) is 0 Å². The fourth-order valence-corrected chi connectivity index (χ4v) is 7.75. The quantitative estimate of drug-likeness (QED) is 0.173. The number of hydrogen-bond donors (Lipinski definition) is 0. The van der Waals surface area contributed by atoms with Gasteiger partial charge >= 0.3 is 0 Å². The van der Waals surface area contributed by atoms with Crippen LogP contribution >= 0.6 is 0 Å². The molecule has 2 aromatic heterocycles. The molecule has 2 heteroatoms. The predicted molar refractivity (Wildman–Crippen MR) is 223 cm³/mol. The third-order valence-corrected chi connectivity index (χ3v) is 10.1. The second-order valence-electron chi connectivity index (χ2n) is 13.0. The van der Waals surface area contributed by atoms with E-state index in [2.05, 4.69) is 203 Å². The van der Waals surface area contributed by atoms with Gasteiger partial charge in [0.1, 0.15) is 0 Å². The van der Waals surface area contributed by atoms with Crippen LogP contribution in [0, 0.1) is 0 Å². The lowest BCUT2D eigenvalue weighted by Crippen LogP contribution is -1.94. The molecular formula is C50H38N2. The lowest BCUT2D eigenvalue weighted by Gasteiger charge is -2.11. The second kappa shape index (κ2) is 13.2. The Morgan fingerprint density at radius 3 is 1.19 bits per heavy atom. The van der Waals surface area contributed by atoms with Crippen LogP contribution in [0.15, 0.2) is 194 Å². The number of para-hydroxylation sites is 2. The predicted octanol–water partition coefficient (Wildman–Crippen LogP) is 13.9. The van der Waals surface area contributed by atoms with Crippen molar-refractivity contribution < 1.29 is 0 Å². The van der Waals surface area contributed by atoms with Gasteiger partial charge in [-0.1, -0.05) is 147 Å². The molecule has 2 heterocycles. The Hall–Kier alpha value is -6.64. The summed E-state index contributed by atoms with van der Waals surface area (Å²) in [5.74, 6) is 0. The van der Waals surface area contributed by atoms with Gasteiger partial charge in [-0.15, -0.1) is 0 Å². The van der Waals surface area contributed by atoms with Gasteiger partial charge in [-0.2, -0.15) is 0 Å². The Kier molecular flexibility index (Phi) is 7.98. The molecule has 0 amide bonds. The highest BCUT2D eigenvalue weighted by Crippen LogP contribution is 2.39. The number of nitrogens with zero attached hydrogens (tertiary/aromatic N) is 2. The summed E-state index contributed by atoms with van der Waals surface area (Å²) in [6.07, 6.45) is 0. The SMILES string of the molecule is CC.c1ccc(-c2ccc(-n3c4ccccc4c4cc(-c5ccc6c(c5)c5ccccc5n6-c5cccc(-c6ccccc6)c5)ccc43)cc2)cc1. The smallest absolute Gasteiger partial charge is 0.0541 e. The lowest BCUT2D eigenvalue weighted by atomic mass is 10.0. The first-order valence-corrected chi connectivity index (χ1v) is 18.2. The number of fused-ring (bicyclic) bond motifs is 6. The van der Waals surface area contributed by atoms with E-state index in [1.165, 1.54) is 77.0 Å². The summed E-state index contributed by atoms with van der Waals surface area (Å²) in [5, 5.41) is 5.02. The maximum atomic E-state index is 2.40. The largest absolute Gasteiger partial charge is 0.309 e. The third-order valence-electron chi connectivity index (χ3n) is 10.1. The molecule has 0 saturated heterocycles. The molecular weight excluding hydrogens is 629 g/mol. The van der Waals surface area contributed by atoms with Crippen LogP contribution in [0.2, 0.25) is 0 Å². The number of benzene rings is 8. The first-order valence-electron chi connectivity index (χ1n) is 18.2. The van der Waals surface area contributed by atoms with Gasteiger partial charge in [-0.05, 0) is 94.0 Å². The van der Waals surface area contributed by atoms with Crippen LogP contribution in [0.3, 0.4) is 0 Å². The Morgan fingerprint density at radius 1 is 0.250 bits per heavy atom. The molecule has 0 saturated carbocycles. The molecule has 10 rings (SSSR count). The average Bonchev–Trinajstić information content (AvgIpc) is 3.74. The first-order chi connectivity index (χ1) is 25.8. The molecule has 0 atom stereocenters. The average molecular weight is 667 g/mol. The fraction of sp³-hybridized carbons (Fsp3) is 0.0400. The highest BCUT2D eigenvalue weighted by atomic mass is 15.0. The summed E-state index contributed by atoms with van der Waals surface area (Å²) in [6, 6.07) is 70.4. The van der Waals surface area contributed by atoms with Crippen molar-refractivity contribution in [1.82, 2.24) is 9.13 Å². The molecule has 248 valence electrons. The van der Waals surface area contributed by atoms with Gasteiger partial charge in [0, 0.05) is 32.9 Å². The summed E-state index contributed by atoms with van der Waals surface area (Å²) in [5.41, 5.74) is 14.5. The lowest BCUT2D eigenvalue weighted by molar-refractivity contribution is 1.18. The minimum absolute atomic E-state index is 1.16. The third kappa shape index (κ3) is 5.28. The monoisotopic (exact) mass is 666 g/mol. The van der Waals surface area contributed by atoms with Crippen LogP contribution < -0.4 is 0 Å². The van der Waals surface area contributed by atoms with E-state index < -0.39 is 0 Å². The summed E-state index contributed by atoms with van der Waals surface area (Å²) in [4.78, 5) is 0. The number of rotatable bonds is 5. The van der Waals surface area contributed by atoms with Crippen LogP contribution in [-0.2, 0) is 0 Å². The van der Waals surface area contributed by atoms with Crippen molar-refractivity contribution in [1.29, 1.82) is 0 Å². The van der Waals surface area contributed by atoms with E-state index in [-0.39, 0.29) is 0 Å². The van der Waals surface area contributed by atoms with Crippen molar-refractivity contribution in [2.45, 2.75) is 13.8 Å². The molecule has 0 aliphatic carbocycles. The van der Waals surface area contributed by atoms with Crippen LogP contribution in [0.4, 0.5) is 0 Å². The zero-order valence-corrected chi connectivity index (χ0v) is 29.4. The van der Waals surface area contributed by atoms with Crippen LogP contribution in [-0.4, -0.2) is 9.13 Å². The van der Waals surface area contributed by atoms with Crippen molar-refractivity contribution in [2.24, 2.45) is 0 Å². The van der Waals surface area contributed by atoms with E-state index in [1.807, 2.05) is 13.8 Å². The van der Waals surface area contributed by atoms with E-state index >= 15 is 0 Å². The second-order valence-corrected chi connectivity index (χ2v) is 13.0. The maximum absolute atomic E-state index is 2.40. The standard InChI is InChI=1S/C48H32N2.C2H6/c1-3-12-33(13-4-1)35-22-26-39(27-23-35)49-45-20-9-7-18-41(45)43-31-37(24-28-47(43)49)38-25-29-48-44(32-38)42-19-8-10-21-46(42)50(48)40-17-11-16-36(30-40)34-14-5-2-6-15-34;1-2/h1-32H;1-2H3. The summed E-state index contributed by atoms with van der Waals surface area (Å²) in [7, 11) is 0. The van der Waals surface area contributed by atoms with Gasteiger partial charge in [0.05, 0.1) is 22.1 Å². The van der Waals surface area contributed by atoms with Gasteiger partial charge < -0.3 is 9.13 Å². The van der Waals surface area contributed by atoms with Crippen molar-refractivity contribution in [3.05, 3.63) is 194 Å². The normalized spacial score (nSPS) is 11.3. The minimum Gasteiger partial charge on any atom is -0.309 e. The van der Waals surface area contributed by atoms with Crippen LogP contribution in [0.1, 0.15) is 13.8 Å². The molecule has 0 bridgehead atoms. The first kappa shape index (κ1) is 31.3. The van der Waals surface area contributed by atoms with Gasteiger partial charge in [-0.3, -0.25) is 0 Å². The van der Waals surface area contributed by atoms with Crippen LogP contribution in [0.25, 0.3) is 88.4 Å². The molecule has 10 aromatic rings. The topological polar surface area (TPSA) is 9.86 Å². The molecule has 2 nitrogen and oxygen atoms in total. The van der Waals surface area contributed by atoms with Crippen LogP contribution in [0.5, 0.6) is 0 Å². The van der Waals surface area contributed by atoms with Gasteiger partial charge in [0.15, 0.2) is 0 Å². The van der Waals surface area contributed by atoms with E-state index in [1.54, 1.807) is 0 Å². The van der Waals surface area contributed by atoms with Crippen molar-refractivity contribution in [2.75, 3.05) is 0 Å². The molecule has 0 fully saturated rings. The molecule has 0 aliphatic heterocycles. The molecule has 8 aromatic carbocycles. The minimum atomic E-state index is 1.16. The Labute approximate surface area is 304 Å². The highest BCUT2D eigenvalue weighted by Gasteiger charge is 2.16. The van der Waals surface area contributed by atoms with Crippen molar-refractivity contribution in [3.8, 4) is 44.8 Å². The maximum Gasteiger partial charge on any atom is 0.0541 e. The van der Waals surface area contributed by atoms with E-state index in [0.29, 0.717) is 0 Å². The van der Waals surface area contributed by atoms with Gasteiger partial charge in [0.2, 0.25) is 0 Å². The van der Waals surface area contributed by atoms with E-state index in [0.717, 1.165) is 11.4 Å². The molecule has 0 aliphatic rings. The molecule has 0 spiro atoms. The summed E-state index contributed by atoms with van der Waals surface area (Å²) in [6.45, 7) is 4.00. The summed E-state index contributed by atoms with van der Waals surface area (Å²) >= 11 is 0. The zero-order valence-electron chi connectivity index (χ0n) is 29.4. The van der Waals surface area contributed by atoms with E-state index in [9.17, 15) is 0 Å². The Bertz CT molecular complexity index is 2840. The molecule has 0 N–H and O–H groups in total. The van der Waals surface area contributed by atoms with Gasteiger partial charge in [0.25, 0.3) is 0 Å². The Balaban J connectivity index is 0.00000177. The van der Waals surface area contributed by atoms with Crippen molar-refractivity contribution >= 4 is 43.6 Å². The van der Waals surface area contributed by atoms with Crippen molar-refractivity contribution in [3.63, 3.8) is 0 Å². The number of aromatic nitrogens is 2. The highest BCUT2D eigenvalue weighted by molar-refractivity contribution is 6.12. The number of hydrogen-bond acceptors (Lipinski definition) is 0. The zero-order chi connectivity index (χ0) is 35.0. The summed E-state index contributed by atoms with van der Waals surface area (Å²) < 4.78 is 4.80. The van der Waals surface area contributed by atoms with Gasteiger partial charge in [-0.25, -0.2) is 0 Å². The molecule has 0 radical (unpaired) electrons. The Morgan fingerprint density at radius 2 is 0.635 bits per heavy atom. The molecule has 0 unspecified atom stereocenters. The molecule has 52 heavy (non-hydrogen) atoms.